The summed E-state index contributed by atoms with van der Waals surface area (Å²) < 4.78 is 44.0. The molecule has 9 heteroatoms. The van der Waals surface area contributed by atoms with Gasteiger partial charge in [-0.25, -0.2) is 8.42 Å². The lowest BCUT2D eigenvalue weighted by molar-refractivity contribution is -0.119. The zero-order chi connectivity index (χ0) is 24.7. The molecule has 3 rings (SSSR count). The normalized spacial score (nSPS) is 10.9. The van der Waals surface area contributed by atoms with Gasteiger partial charge in [0.2, 0.25) is 5.91 Å². The molecule has 180 valence electrons. The molecule has 0 aliphatic carbocycles. The average Bonchev–Trinajstić information content (AvgIpc) is 2.86. The summed E-state index contributed by atoms with van der Waals surface area (Å²) in [6.45, 7) is 1.67. The van der Waals surface area contributed by atoms with Crippen LogP contribution in [0.2, 0.25) is 0 Å². The number of rotatable bonds is 10. The van der Waals surface area contributed by atoms with Crippen molar-refractivity contribution in [2.24, 2.45) is 0 Å². The number of hydrogen-bond donors (Lipinski definition) is 1. The molecule has 34 heavy (non-hydrogen) atoms. The summed E-state index contributed by atoms with van der Waals surface area (Å²) >= 11 is 0. The number of ether oxygens (including phenoxy) is 3. The minimum Gasteiger partial charge on any atom is -0.497 e. The van der Waals surface area contributed by atoms with Crippen LogP contribution in [0, 0.1) is 6.92 Å². The lowest BCUT2D eigenvalue weighted by Crippen LogP contribution is -2.40. The quantitative estimate of drug-likeness (QED) is 0.473. The molecule has 1 amide bonds. The molecular formula is C25H28N2O6S. The van der Waals surface area contributed by atoms with Crippen molar-refractivity contribution in [3.8, 4) is 17.2 Å². The first-order chi connectivity index (χ1) is 16.3. The van der Waals surface area contributed by atoms with Crippen LogP contribution in [0.25, 0.3) is 0 Å². The fourth-order valence-corrected chi connectivity index (χ4v) is 4.69. The number of amides is 1. The van der Waals surface area contributed by atoms with Gasteiger partial charge in [-0.2, -0.15) is 0 Å². The topological polar surface area (TPSA) is 94.2 Å². The molecule has 3 aromatic carbocycles. The van der Waals surface area contributed by atoms with Crippen molar-refractivity contribution in [3.05, 3.63) is 77.9 Å². The summed E-state index contributed by atoms with van der Waals surface area (Å²) in [4.78, 5) is 12.9. The summed E-state index contributed by atoms with van der Waals surface area (Å²) in [5.41, 5.74) is 2.00. The predicted molar refractivity (Wildman–Crippen MR) is 130 cm³/mol. The van der Waals surface area contributed by atoms with E-state index in [0.29, 0.717) is 11.5 Å². The van der Waals surface area contributed by atoms with Crippen LogP contribution in [0.5, 0.6) is 17.2 Å². The SMILES string of the molecule is COc1ccc(CNC(=O)CN(c2ccc(OC)cc2OC)S(=O)(=O)c2ccc(C)cc2)cc1. The maximum atomic E-state index is 13.6. The van der Waals surface area contributed by atoms with Gasteiger partial charge in [0.15, 0.2) is 0 Å². The Morgan fingerprint density at radius 3 is 2.06 bits per heavy atom. The van der Waals surface area contributed by atoms with Gasteiger partial charge in [-0.15, -0.1) is 0 Å². The van der Waals surface area contributed by atoms with Gasteiger partial charge in [-0.1, -0.05) is 29.8 Å². The number of carbonyl (C=O) groups is 1. The van der Waals surface area contributed by atoms with Gasteiger partial charge in [-0.3, -0.25) is 9.10 Å². The summed E-state index contributed by atoms with van der Waals surface area (Å²) in [6.07, 6.45) is 0. The van der Waals surface area contributed by atoms with E-state index in [1.54, 1.807) is 49.6 Å². The molecule has 0 atom stereocenters. The first-order valence-electron chi connectivity index (χ1n) is 10.5. The predicted octanol–water partition coefficient (Wildman–Crippen LogP) is 3.53. The lowest BCUT2D eigenvalue weighted by atomic mass is 10.2. The highest BCUT2D eigenvalue weighted by Crippen LogP contribution is 2.35. The van der Waals surface area contributed by atoms with Crippen LogP contribution in [0.15, 0.2) is 71.6 Å². The molecule has 0 fully saturated rings. The van der Waals surface area contributed by atoms with Crippen LogP contribution < -0.4 is 23.8 Å². The molecule has 0 aliphatic heterocycles. The van der Waals surface area contributed by atoms with Gasteiger partial charge in [0.25, 0.3) is 10.0 Å². The van der Waals surface area contributed by atoms with Crippen LogP contribution >= 0.6 is 0 Å². The lowest BCUT2D eigenvalue weighted by Gasteiger charge is -2.26. The second-order valence-electron chi connectivity index (χ2n) is 7.49. The second kappa shape index (κ2) is 10.9. The molecule has 3 aromatic rings. The maximum absolute atomic E-state index is 13.6. The number of nitrogens with one attached hydrogen (secondary N) is 1. The molecule has 0 saturated carbocycles. The van der Waals surface area contributed by atoms with E-state index in [0.717, 1.165) is 15.4 Å². The zero-order valence-electron chi connectivity index (χ0n) is 19.6. The Hall–Kier alpha value is -3.72. The van der Waals surface area contributed by atoms with Crippen LogP contribution in [0.1, 0.15) is 11.1 Å². The first kappa shape index (κ1) is 24.9. The van der Waals surface area contributed by atoms with Crippen molar-refractivity contribution in [1.29, 1.82) is 0 Å². The molecule has 0 aliphatic rings. The molecule has 1 N–H and O–H groups in total. The Morgan fingerprint density at radius 1 is 0.853 bits per heavy atom. The van der Waals surface area contributed by atoms with Gasteiger partial charge >= 0.3 is 0 Å². The number of sulfonamides is 1. The van der Waals surface area contributed by atoms with Gasteiger partial charge in [-0.05, 0) is 48.9 Å². The van der Waals surface area contributed by atoms with E-state index >= 15 is 0 Å². The van der Waals surface area contributed by atoms with Crippen molar-refractivity contribution in [1.82, 2.24) is 5.32 Å². The number of hydrogen-bond acceptors (Lipinski definition) is 6. The van der Waals surface area contributed by atoms with E-state index in [1.165, 1.54) is 26.4 Å². The Kier molecular flexibility index (Phi) is 8.01. The van der Waals surface area contributed by atoms with Crippen molar-refractivity contribution >= 4 is 21.6 Å². The molecule has 8 nitrogen and oxygen atoms in total. The summed E-state index contributed by atoms with van der Waals surface area (Å²) in [7, 11) is 0.433. The van der Waals surface area contributed by atoms with Gasteiger partial charge < -0.3 is 19.5 Å². The van der Waals surface area contributed by atoms with Gasteiger partial charge in [0.1, 0.15) is 23.8 Å². The summed E-state index contributed by atoms with van der Waals surface area (Å²) in [6, 6.07) is 18.4. The average molecular weight is 485 g/mol. The fourth-order valence-electron chi connectivity index (χ4n) is 3.26. The summed E-state index contributed by atoms with van der Waals surface area (Å²) in [5, 5.41) is 2.78. The molecule has 0 bridgehead atoms. The third-order valence-electron chi connectivity index (χ3n) is 5.20. The molecule has 0 spiro atoms. The third kappa shape index (κ3) is 5.79. The Morgan fingerprint density at radius 2 is 1.47 bits per heavy atom. The molecular weight excluding hydrogens is 456 g/mol. The molecule has 0 saturated heterocycles. The third-order valence-corrected chi connectivity index (χ3v) is 6.97. The monoisotopic (exact) mass is 484 g/mol. The van der Waals surface area contributed by atoms with E-state index in [4.69, 9.17) is 14.2 Å². The standard InChI is InChI=1S/C25H28N2O6S/c1-18-5-12-22(13-6-18)34(29,30)27(23-14-11-21(32-3)15-24(23)33-4)17-25(28)26-16-19-7-9-20(31-2)10-8-19/h5-15H,16-17H2,1-4H3,(H,26,28). The van der Waals surface area contributed by atoms with Gasteiger partial charge in [0, 0.05) is 12.6 Å². The second-order valence-corrected chi connectivity index (χ2v) is 9.35. The van der Waals surface area contributed by atoms with Crippen LogP contribution in [-0.4, -0.2) is 42.2 Å². The molecule has 0 unspecified atom stereocenters. The van der Waals surface area contributed by atoms with Crippen molar-refractivity contribution < 1.29 is 27.4 Å². The fraction of sp³-hybridized carbons (Fsp3) is 0.240. The van der Waals surface area contributed by atoms with E-state index < -0.39 is 22.5 Å². The highest BCUT2D eigenvalue weighted by atomic mass is 32.2. The van der Waals surface area contributed by atoms with Crippen molar-refractivity contribution in [3.63, 3.8) is 0 Å². The zero-order valence-corrected chi connectivity index (χ0v) is 20.4. The van der Waals surface area contributed by atoms with Crippen molar-refractivity contribution in [2.45, 2.75) is 18.4 Å². The Bertz CT molecular complexity index is 1230. The molecule has 0 heterocycles. The largest absolute Gasteiger partial charge is 0.497 e. The highest BCUT2D eigenvalue weighted by Gasteiger charge is 2.29. The number of methoxy groups -OCH3 is 3. The summed E-state index contributed by atoms with van der Waals surface area (Å²) in [5.74, 6) is 0.997. The Labute approximate surface area is 200 Å². The minimum absolute atomic E-state index is 0.0684. The van der Waals surface area contributed by atoms with Crippen LogP contribution in [0.3, 0.4) is 0 Å². The van der Waals surface area contributed by atoms with Gasteiger partial charge in [0.05, 0.1) is 31.9 Å². The van der Waals surface area contributed by atoms with Crippen LogP contribution in [0.4, 0.5) is 5.69 Å². The number of carbonyl (C=O) groups excluding carboxylic acids is 1. The minimum atomic E-state index is -4.07. The van der Waals surface area contributed by atoms with Crippen LogP contribution in [-0.2, 0) is 21.4 Å². The van der Waals surface area contributed by atoms with E-state index in [1.807, 2.05) is 19.1 Å². The van der Waals surface area contributed by atoms with E-state index in [2.05, 4.69) is 5.32 Å². The highest BCUT2D eigenvalue weighted by molar-refractivity contribution is 7.92. The molecule has 0 aromatic heterocycles. The first-order valence-corrected chi connectivity index (χ1v) is 11.9. The number of benzene rings is 3. The maximum Gasteiger partial charge on any atom is 0.264 e. The number of aryl methyl sites for hydroxylation is 1. The Balaban J connectivity index is 1.91. The number of nitrogens with zero attached hydrogens (tertiary/aromatic N) is 1. The number of anilines is 1. The van der Waals surface area contributed by atoms with E-state index in [-0.39, 0.29) is 22.9 Å². The molecule has 0 radical (unpaired) electrons. The van der Waals surface area contributed by atoms with Crippen molar-refractivity contribution in [2.75, 3.05) is 32.2 Å². The smallest absolute Gasteiger partial charge is 0.264 e. The van der Waals surface area contributed by atoms with E-state index in [9.17, 15) is 13.2 Å².